The molecule has 0 bridgehead atoms. The van der Waals surface area contributed by atoms with Crippen molar-refractivity contribution in [1.82, 2.24) is 0 Å². The van der Waals surface area contributed by atoms with Crippen LogP contribution in [-0.4, -0.2) is 16.7 Å². The number of ketones is 2. The first-order valence-corrected chi connectivity index (χ1v) is 7.59. The molecule has 1 N–H and O–H groups in total. The predicted octanol–water partition coefficient (Wildman–Crippen LogP) is 4.54. The predicted molar refractivity (Wildman–Crippen MR) is 91.6 cm³/mol. The summed E-state index contributed by atoms with van der Waals surface area (Å²) in [7, 11) is 0. The third-order valence-corrected chi connectivity index (χ3v) is 4.21. The molecule has 3 nitrogen and oxygen atoms in total. The molecule has 0 spiro atoms. The summed E-state index contributed by atoms with van der Waals surface area (Å²) in [6.07, 6.45) is 2.11. The molecule has 116 valence electrons. The van der Waals surface area contributed by atoms with Crippen LogP contribution in [0, 0.1) is 6.92 Å². The van der Waals surface area contributed by atoms with Gasteiger partial charge in [0.1, 0.15) is 5.76 Å². The molecular weight excluding hydrogens is 288 g/mol. The van der Waals surface area contributed by atoms with Crippen molar-refractivity contribution < 1.29 is 14.7 Å². The van der Waals surface area contributed by atoms with Crippen LogP contribution in [0.4, 0.5) is 0 Å². The lowest BCUT2D eigenvalue weighted by Crippen LogP contribution is -2.24. The maximum atomic E-state index is 12.6. The number of carbonyl (C=O) groups excluding carboxylic acids is 2. The minimum Gasteiger partial charge on any atom is -0.507 e. The zero-order valence-corrected chi connectivity index (χ0v) is 13.4. The third kappa shape index (κ3) is 2.38. The van der Waals surface area contributed by atoms with Crippen molar-refractivity contribution in [2.45, 2.75) is 27.2 Å². The van der Waals surface area contributed by atoms with Crippen LogP contribution in [0.2, 0.25) is 0 Å². The second-order valence-corrected chi connectivity index (χ2v) is 6.13. The summed E-state index contributed by atoms with van der Waals surface area (Å²) in [5.74, 6) is -1.22. The molecule has 0 amide bonds. The Hall–Kier alpha value is -2.68. The largest absolute Gasteiger partial charge is 0.507 e. The molecule has 0 atom stereocenters. The summed E-state index contributed by atoms with van der Waals surface area (Å²) in [5.41, 5.74) is 2.96. The molecule has 3 heteroatoms. The van der Waals surface area contributed by atoms with Crippen LogP contribution in [0.1, 0.15) is 41.8 Å². The van der Waals surface area contributed by atoms with Crippen molar-refractivity contribution in [3.63, 3.8) is 0 Å². The summed E-state index contributed by atoms with van der Waals surface area (Å²) < 4.78 is 0. The average molecular weight is 306 g/mol. The van der Waals surface area contributed by atoms with E-state index in [-0.39, 0.29) is 17.8 Å². The molecule has 2 aromatic carbocycles. The Balaban J connectivity index is 2.33. The zero-order valence-electron chi connectivity index (χ0n) is 13.4. The lowest BCUT2D eigenvalue weighted by atomic mass is 9.83. The van der Waals surface area contributed by atoms with Crippen molar-refractivity contribution in [1.29, 1.82) is 0 Å². The molecule has 0 radical (unpaired) electrons. The second-order valence-electron chi connectivity index (χ2n) is 6.13. The van der Waals surface area contributed by atoms with Crippen LogP contribution in [0.5, 0.6) is 0 Å². The normalized spacial score (nSPS) is 14.2. The standard InChI is InChI=1S/C20H18O3/c1-11(2)8-9-15-18(21)16-10-12(3)13-6-4-5-7-14(13)17(16)20(23)19(15)22/h4-8,10,21H,9H2,1-3H3. The van der Waals surface area contributed by atoms with Gasteiger partial charge in [-0.15, -0.1) is 0 Å². The summed E-state index contributed by atoms with van der Waals surface area (Å²) in [4.78, 5) is 25.1. The lowest BCUT2D eigenvalue weighted by molar-refractivity contribution is -0.112. The number of fused-ring (bicyclic) bond motifs is 3. The van der Waals surface area contributed by atoms with Crippen molar-refractivity contribution in [2.24, 2.45) is 0 Å². The van der Waals surface area contributed by atoms with Gasteiger partial charge in [0.15, 0.2) is 0 Å². The highest BCUT2D eigenvalue weighted by molar-refractivity contribution is 6.54. The van der Waals surface area contributed by atoms with Gasteiger partial charge < -0.3 is 5.11 Å². The topological polar surface area (TPSA) is 54.4 Å². The quantitative estimate of drug-likeness (QED) is 0.654. The van der Waals surface area contributed by atoms with E-state index in [9.17, 15) is 14.7 Å². The van der Waals surface area contributed by atoms with Crippen molar-refractivity contribution in [3.05, 3.63) is 64.2 Å². The maximum Gasteiger partial charge on any atom is 0.234 e. The molecule has 0 saturated heterocycles. The Bertz CT molecular complexity index is 910. The number of benzene rings is 2. The van der Waals surface area contributed by atoms with E-state index >= 15 is 0 Å². The van der Waals surface area contributed by atoms with Gasteiger partial charge in [0.05, 0.1) is 0 Å². The number of aliphatic hydroxyl groups is 1. The van der Waals surface area contributed by atoms with Gasteiger partial charge in [-0.3, -0.25) is 9.59 Å². The van der Waals surface area contributed by atoms with E-state index in [1.165, 1.54) is 0 Å². The van der Waals surface area contributed by atoms with Gasteiger partial charge in [0.25, 0.3) is 0 Å². The van der Waals surface area contributed by atoms with Gasteiger partial charge >= 0.3 is 0 Å². The molecule has 1 aliphatic rings. The van der Waals surface area contributed by atoms with E-state index in [2.05, 4.69) is 0 Å². The highest BCUT2D eigenvalue weighted by Gasteiger charge is 2.33. The number of hydrogen-bond donors (Lipinski definition) is 1. The van der Waals surface area contributed by atoms with Gasteiger partial charge in [-0.05, 0) is 49.6 Å². The van der Waals surface area contributed by atoms with Crippen LogP contribution < -0.4 is 0 Å². The minimum absolute atomic E-state index is 0.0732. The number of aliphatic hydroxyl groups excluding tert-OH is 1. The highest BCUT2D eigenvalue weighted by atomic mass is 16.3. The van der Waals surface area contributed by atoms with Crippen molar-refractivity contribution in [3.8, 4) is 0 Å². The Labute approximate surface area is 134 Å². The molecule has 0 aromatic heterocycles. The first kappa shape index (κ1) is 15.2. The Morgan fingerprint density at radius 2 is 1.74 bits per heavy atom. The number of allylic oxidation sites excluding steroid dienone is 3. The van der Waals surface area contributed by atoms with E-state index in [1.54, 1.807) is 6.07 Å². The van der Waals surface area contributed by atoms with E-state index in [1.807, 2.05) is 51.1 Å². The minimum atomic E-state index is -0.610. The Morgan fingerprint density at radius 3 is 2.39 bits per heavy atom. The molecule has 0 fully saturated rings. The second kappa shape index (κ2) is 5.51. The monoisotopic (exact) mass is 306 g/mol. The van der Waals surface area contributed by atoms with Crippen molar-refractivity contribution >= 4 is 28.1 Å². The van der Waals surface area contributed by atoms with Crippen LogP contribution in [0.3, 0.4) is 0 Å². The first-order chi connectivity index (χ1) is 10.9. The third-order valence-electron chi connectivity index (χ3n) is 4.21. The van der Waals surface area contributed by atoms with Crippen molar-refractivity contribution in [2.75, 3.05) is 0 Å². The fourth-order valence-corrected chi connectivity index (χ4v) is 3.00. The van der Waals surface area contributed by atoms with Crippen LogP contribution >= 0.6 is 0 Å². The number of aryl methyl sites for hydroxylation is 1. The molecule has 3 rings (SSSR count). The van der Waals surface area contributed by atoms with Gasteiger partial charge in [-0.2, -0.15) is 0 Å². The highest BCUT2D eigenvalue weighted by Crippen LogP contribution is 2.36. The van der Waals surface area contributed by atoms with Gasteiger partial charge in [-0.25, -0.2) is 0 Å². The molecule has 1 aliphatic carbocycles. The van der Waals surface area contributed by atoms with Crippen LogP contribution in [0.25, 0.3) is 16.5 Å². The molecule has 2 aromatic rings. The molecular formula is C20H18O3. The van der Waals surface area contributed by atoms with Gasteiger partial charge in [-0.1, -0.05) is 35.9 Å². The summed E-state index contributed by atoms with van der Waals surface area (Å²) in [6, 6.07) is 9.26. The number of rotatable bonds is 2. The zero-order chi connectivity index (χ0) is 16.7. The summed E-state index contributed by atoms with van der Waals surface area (Å²) >= 11 is 0. The lowest BCUT2D eigenvalue weighted by Gasteiger charge is -2.20. The maximum absolute atomic E-state index is 12.6. The van der Waals surface area contributed by atoms with Crippen LogP contribution in [0.15, 0.2) is 47.6 Å². The van der Waals surface area contributed by atoms with Gasteiger partial charge in [0, 0.05) is 16.7 Å². The summed E-state index contributed by atoms with van der Waals surface area (Å²) in [6.45, 7) is 5.77. The number of carbonyl (C=O) groups is 2. The smallest absolute Gasteiger partial charge is 0.234 e. The Morgan fingerprint density at radius 1 is 1.09 bits per heavy atom. The SMILES string of the molecule is CC(C)=CCC1=C(O)c2cc(C)c3ccccc3c2C(=O)C1=O. The number of Topliss-reactive ketones (excluding diaryl/α,β-unsaturated/α-hetero) is 2. The first-order valence-electron chi connectivity index (χ1n) is 7.59. The Kier molecular flexibility index (Phi) is 3.64. The fraction of sp³-hybridized carbons (Fsp3) is 0.200. The average Bonchev–Trinajstić information content (AvgIpc) is 2.52. The number of hydrogen-bond acceptors (Lipinski definition) is 3. The molecule has 23 heavy (non-hydrogen) atoms. The summed E-state index contributed by atoms with van der Waals surface area (Å²) in [5, 5.41) is 12.2. The van der Waals surface area contributed by atoms with E-state index in [4.69, 9.17) is 0 Å². The van der Waals surface area contributed by atoms with Crippen LogP contribution in [-0.2, 0) is 4.79 Å². The van der Waals surface area contributed by atoms with E-state index in [0.29, 0.717) is 16.5 Å². The van der Waals surface area contributed by atoms with Gasteiger partial charge in [0.2, 0.25) is 11.6 Å². The molecule has 0 saturated carbocycles. The molecule has 0 heterocycles. The van der Waals surface area contributed by atoms with E-state index in [0.717, 1.165) is 16.5 Å². The fourth-order valence-electron chi connectivity index (χ4n) is 3.00. The molecule has 0 aliphatic heterocycles. The molecule has 0 unspecified atom stereocenters. The van der Waals surface area contributed by atoms with E-state index < -0.39 is 11.6 Å².